The van der Waals surface area contributed by atoms with E-state index in [4.69, 9.17) is 5.11 Å². The van der Waals surface area contributed by atoms with Gasteiger partial charge in [-0.1, -0.05) is 0 Å². The molecule has 0 aromatic carbocycles. The topological polar surface area (TPSA) is 69.6 Å². The Hall–Kier alpha value is -1.52. The predicted molar refractivity (Wildman–Crippen MR) is 58.0 cm³/mol. The van der Waals surface area contributed by atoms with E-state index in [-0.39, 0.29) is 16.7 Å². The standard InChI is InChI=1S/C11H16N2O3/c1-13(2)4-3-8(14)10-5-11(6-10,7-10)12-9(15)16/h3-4,12H,5-7H2,1-2H3,(H,15,16). The molecule has 0 atom stereocenters. The molecule has 0 unspecified atom stereocenters. The highest BCUT2D eigenvalue weighted by Gasteiger charge is 2.71. The van der Waals surface area contributed by atoms with Gasteiger partial charge in [0.25, 0.3) is 0 Å². The predicted octanol–water partition coefficient (Wildman–Crippen LogP) is 0.821. The zero-order valence-corrected chi connectivity index (χ0v) is 9.49. The minimum atomic E-state index is -0.996. The number of rotatable bonds is 4. The molecule has 16 heavy (non-hydrogen) atoms. The van der Waals surface area contributed by atoms with Crippen LogP contribution < -0.4 is 5.32 Å². The van der Waals surface area contributed by atoms with Crippen LogP contribution in [0.25, 0.3) is 0 Å². The zero-order chi connectivity index (χ0) is 12.0. The van der Waals surface area contributed by atoms with Gasteiger partial charge in [-0.3, -0.25) is 4.79 Å². The summed E-state index contributed by atoms with van der Waals surface area (Å²) in [4.78, 5) is 24.1. The van der Waals surface area contributed by atoms with Crippen molar-refractivity contribution in [3.8, 4) is 0 Å². The number of amides is 1. The first-order valence-electron chi connectivity index (χ1n) is 5.28. The molecule has 0 aromatic heterocycles. The molecule has 88 valence electrons. The van der Waals surface area contributed by atoms with Crippen LogP contribution in [0.15, 0.2) is 12.3 Å². The first-order valence-corrected chi connectivity index (χ1v) is 5.28. The van der Waals surface area contributed by atoms with Gasteiger partial charge in [0.05, 0.1) is 0 Å². The molecule has 0 aliphatic heterocycles. The lowest BCUT2D eigenvalue weighted by atomic mass is 9.38. The Morgan fingerprint density at radius 3 is 2.31 bits per heavy atom. The summed E-state index contributed by atoms with van der Waals surface area (Å²) in [6.07, 6.45) is 4.29. The molecule has 3 fully saturated rings. The summed E-state index contributed by atoms with van der Waals surface area (Å²) in [5.74, 6) is 0.121. The van der Waals surface area contributed by atoms with Crippen LogP contribution in [0.5, 0.6) is 0 Å². The normalized spacial score (nSPS) is 35.1. The highest BCUT2D eigenvalue weighted by Crippen LogP contribution is 2.67. The third-order valence-corrected chi connectivity index (χ3v) is 3.45. The number of hydrogen-bond acceptors (Lipinski definition) is 3. The van der Waals surface area contributed by atoms with Crippen molar-refractivity contribution in [1.82, 2.24) is 10.2 Å². The molecule has 1 amide bonds. The zero-order valence-electron chi connectivity index (χ0n) is 9.49. The van der Waals surface area contributed by atoms with Crippen LogP contribution in [0, 0.1) is 5.41 Å². The van der Waals surface area contributed by atoms with Gasteiger partial charge in [0.1, 0.15) is 0 Å². The molecule has 2 N–H and O–H groups in total. The van der Waals surface area contributed by atoms with Crippen molar-refractivity contribution >= 4 is 11.9 Å². The highest BCUT2D eigenvalue weighted by atomic mass is 16.4. The van der Waals surface area contributed by atoms with Crippen molar-refractivity contribution in [1.29, 1.82) is 0 Å². The van der Waals surface area contributed by atoms with E-state index in [1.807, 2.05) is 19.0 Å². The van der Waals surface area contributed by atoms with E-state index in [1.54, 1.807) is 12.3 Å². The molecule has 0 spiro atoms. The molecule has 3 aliphatic carbocycles. The van der Waals surface area contributed by atoms with Crippen LogP contribution in [-0.4, -0.2) is 41.5 Å². The summed E-state index contributed by atoms with van der Waals surface area (Å²) in [5.41, 5.74) is -0.567. The second-order valence-corrected chi connectivity index (χ2v) is 5.16. The molecule has 5 heteroatoms. The molecule has 3 saturated carbocycles. The highest BCUT2D eigenvalue weighted by molar-refractivity contribution is 5.98. The largest absolute Gasteiger partial charge is 0.465 e. The fourth-order valence-corrected chi connectivity index (χ4v) is 2.80. The first kappa shape index (κ1) is 11.0. The number of hydrogen-bond donors (Lipinski definition) is 2. The molecule has 3 aliphatic rings. The Morgan fingerprint density at radius 1 is 1.31 bits per heavy atom. The lowest BCUT2D eigenvalue weighted by molar-refractivity contribution is -0.171. The SMILES string of the molecule is CN(C)C=CC(=O)C12CC(NC(=O)O)(C1)C2. The van der Waals surface area contributed by atoms with Crippen LogP contribution in [0.1, 0.15) is 19.3 Å². The summed E-state index contributed by atoms with van der Waals surface area (Å²) in [6.45, 7) is 0. The smallest absolute Gasteiger partial charge is 0.405 e. The molecule has 0 heterocycles. The number of nitrogens with zero attached hydrogens (tertiary/aromatic N) is 1. The van der Waals surface area contributed by atoms with E-state index in [0.29, 0.717) is 19.3 Å². The molecule has 3 rings (SSSR count). The van der Waals surface area contributed by atoms with Gasteiger partial charge >= 0.3 is 6.09 Å². The Labute approximate surface area is 94.1 Å². The lowest BCUT2D eigenvalue weighted by Crippen LogP contribution is -2.76. The van der Waals surface area contributed by atoms with Gasteiger partial charge < -0.3 is 15.3 Å². The Kier molecular flexibility index (Phi) is 2.22. The third kappa shape index (κ3) is 1.56. The van der Waals surface area contributed by atoms with Gasteiger partial charge in [-0.15, -0.1) is 0 Å². The van der Waals surface area contributed by atoms with Crippen LogP contribution in [-0.2, 0) is 4.79 Å². The average molecular weight is 224 g/mol. The van der Waals surface area contributed by atoms with E-state index < -0.39 is 6.09 Å². The van der Waals surface area contributed by atoms with Crippen LogP contribution in [0.3, 0.4) is 0 Å². The van der Waals surface area contributed by atoms with Gasteiger partial charge in [0, 0.05) is 31.2 Å². The monoisotopic (exact) mass is 224 g/mol. The van der Waals surface area contributed by atoms with Crippen LogP contribution in [0.4, 0.5) is 4.79 Å². The van der Waals surface area contributed by atoms with Gasteiger partial charge in [-0.05, 0) is 25.3 Å². The number of carboxylic acid groups (broad SMARTS) is 1. The minimum absolute atomic E-state index is 0.121. The minimum Gasteiger partial charge on any atom is -0.465 e. The third-order valence-electron chi connectivity index (χ3n) is 3.45. The van der Waals surface area contributed by atoms with Crippen molar-refractivity contribution in [2.24, 2.45) is 5.41 Å². The fraction of sp³-hybridized carbons (Fsp3) is 0.636. The van der Waals surface area contributed by atoms with E-state index in [2.05, 4.69) is 5.32 Å². The molecule has 5 nitrogen and oxygen atoms in total. The average Bonchev–Trinajstić information content (AvgIpc) is 2.04. The van der Waals surface area contributed by atoms with Gasteiger partial charge in [0.2, 0.25) is 0 Å². The second kappa shape index (κ2) is 3.23. The Balaban J connectivity index is 1.89. The summed E-state index contributed by atoms with van der Waals surface area (Å²) < 4.78 is 0. The molecule has 0 radical (unpaired) electrons. The second-order valence-electron chi connectivity index (χ2n) is 5.16. The van der Waals surface area contributed by atoms with Crippen molar-refractivity contribution in [2.75, 3.05) is 14.1 Å². The lowest BCUT2D eigenvalue weighted by Gasteiger charge is -2.68. The molecular formula is C11H16N2O3. The molecule has 2 bridgehead atoms. The Morgan fingerprint density at radius 2 is 1.88 bits per heavy atom. The van der Waals surface area contributed by atoms with Crippen LogP contribution >= 0.6 is 0 Å². The number of allylic oxidation sites excluding steroid dienone is 1. The molecule has 0 saturated heterocycles. The summed E-state index contributed by atoms with van der Waals surface area (Å²) in [7, 11) is 3.72. The number of nitrogens with one attached hydrogen (secondary N) is 1. The maximum atomic E-state index is 11.8. The van der Waals surface area contributed by atoms with Gasteiger partial charge in [-0.25, -0.2) is 4.79 Å². The van der Waals surface area contributed by atoms with Crippen molar-refractivity contribution in [2.45, 2.75) is 24.8 Å². The van der Waals surface area contributed by atoms with E-state index in [0.717, 1.165) is 0 Å². The van der Waals surface area contributed by atoms with Crippen molar-refractivity contribution < 1.29 is 14.7 Å². The van der Waals surface area contributed by atoms with Crippen molar-refractivity contribution in [3.63, 3.8) is 0 Å². The number of ketones is 1. The Bertz CT molecular complexity index is 354. The van der Waals surface area contributed by atoms with E-state index in [1.165, 1.54) is 0 Å². The maximum Gasteiger partial charge on any atom is 0.405 e. The van der Waals surface area contributed by atoms with Gasteiger partial charge in [0.15, 0.2) is 5.78 Å². The summed E-state index contributed by atoms with van der Waals surface area (Å²) >= 11 is 0. The quantitative estimate of drug-likeness (QED) is 0.694. The van der Waals surface area contributed by atoms with Crippen molar-refractivity contribution in [3.05, 3.63) is 12.3 Å². The van der Waals surface area contributed by atoms with E-state index >= 15 is 0 Å². The van der Waals surface area contributed by atoms with E-state index in [9.17, 15) is 9.59 Å². The summed E-state index contributed by atoms with van der Waals surface area (Å²) in [5, 5.41) is 11.1. The van der Waals surface area contributed by atoms with Crippen LogP contribution in [0.2, 0.25) is 0 Å². The number of carbonyl (C=O) groups excluding carboxylic acids is 1. The summed E-state index contributed by atoms with van der Waals surface area (Å²) in [6, 6.07) is 0. The number of carbonyl (C=O) groups is 2. The first-order chi connectivity index (χ1) is 7.38. The maximum absolute atomic E-state index is 11.8. The molecular weight excluding hydrogens is 208 g/mol. The van der Waals surface area contributed by atoms with Gasteiger partial charge in [-0.2, -0.15) is 0 Å². The molecule has 0 aromatic rings. The fourth-order valence-electron chi connectivity index (χ4n) is 2.80.